The van der Waals surface area contributed by atoms with E-state index in [1.165, 1.54) is 0 Å². The number of anilines is 1. The predicted octanol–water partition coefficient (Wildman–Crippen LogP) is 2.50. The molecule has 8 nitrogen and oxygen atoms in total. The first-order valence-electron chi connectivity index (χ1n) is 11.9. The summed E-state index contributed by atoms with van der Waals surface area (Å²) in [7, 11) is 2.01. The Kier molecular flexibility index (Phi) is 5.64. The van der Waals surface area contributed by atoms with Crippen molar-refractivity contribution in [3.63, 3.8) is 0 Å². The van der Waals surface area contributed by atoms with Crippen LogP contribution in [0.1, 0.15) is 45.4 Å². The molecule has 3 atom stereocenters. The maximum Gasteiger partial charge on any atom is 0.231 e. The van der Waals surface area contributed by atoms with Crippen molar-refractivity contribution in [2.24, 2.45) is 5.92 Å². The van der Waals surface area contributed by atoms with Crippen molar-refractivity contribution < 1.29 is 14.3 Å². The van der Waals surface area contributed by atoms with Gasteiger partial charge in [0.15, 0.2) is 11.5 Å². The lowest BCUT2D eigenvalue weighted by atomic mass is 9.82. The average molecular weight is 440 g/mol. The van der Waals surface area contributed by atoms with E-state index >= 15 is 0 Å². The number of hydrazine groups is 1. The quantitative estimate of drug-likeness (QED) is 0.706. The Bertz CT molecular complexity index is 911. The van der Waals surface area contributed by atoms with E-state index in [2.05, 4.69) is 39.3 Å². The van der Waals surface area contributed by atoms with Crippen LogP contribution in [0, 0.1) is 17.2 Å². The summed E-state index contributed by atoms with van der Waals surface area (Å²) in [4.78, 5) is 18.1. The summed E-state index contributed by atoms with van der Waals surface area (Å²) >= 11 is 0. The first-order valence-corrected chi connectivity index (χ1v) is 11.9. The maximum atomic E-state index is 13.7. The summed E-state index contributed by atoms with van der Waals surface area (Å²) in [6.07, 6.45) is 5.91. The molecule has 0 unspecified atom stereocenters. The molecule has 0 bridgehead atoms. The van der Waals surface area contributed by atoms with E-state index in [-0.39, 0.29) is 30.7 Å². The second-order valence-electron chi connectivity index (χ2n) is 9.74. The van der Waals surface area contributed by atoms with Crippen LogP contribution in [-0.4, -0.2) is 66.9 Å². The lowest BCUT2D eigenvalue weighted by Crippen LogP contribution is -2.59. The van der Waals surface area contributed by atoms with E-state index < -0.39 is 5.54 Å². The van der Waals surface area contributed by atoms with E-state index in [0.29, 0.717) is 0 Å². The number of nitrogens with one attached hydrogen (secondary N) is 1. The van der Waals surface area contributed by atoms with Crippen LogP contribution in [-0.2, 0) is 4.79 Å². The molecule has 4 aliphatic rings. The van der Waals surface area contributed by atoms with Crippen LogP contribution in [0.5, 0.6) is 11.5 Å². The Morgan fingerprint density at radius 1 is 1.22 bits per heavy atom. The van der Waals surface area contributed by atoms with Crippen molar-refractivity contribution in [1.29, 1.82) is 5.26 Å². The number of carbonyl (C=O) groups is 1. The number of piperazine rings is 1. The Balaban J connectivity index is 1.24. The highest BCUT2D eigenvalue weighted by molar-refractivity contribution is 5.80. The van der Waals surface area contributed by atoms with Gasteiger partial charge < -0.3 is 19.3 Å². The normalized spacial score (nSPS) is 28.5. The summed E-state index contributed by atoms with van der Waals surface area (Å²) in [5, 5.41) is 11.5. The molecule has 3 fully saturated rings. The summed E-state index contributed by atoms with van der Waals surface area (Å²) in [5.74, 6) is 1.83. The number of nitrogens with zero attached hydrogens (tertiary/aromatic N) is 4. The molecule has 2 aliphatic carbocycles. The van der Waals surface area contributed by atoms with Crippen molar-refractivity contribution in [1.82, 2.24) is 15.3 Å². The molecule has 0 radical (unpaired) electrons. The molecule has 8 heteroatoms. The molecule has 2 aliphatic heterocycles. The second-order valence-corrected chi connectivity index (χ2v) is 9.74. The van der Waals surface area contributed by atoms with E-state index in [4.69, 9.17) is 9.47 Å². The van der Waals surface area contributed by atoms with Crippen LogP contribution in [0.2, 0.25) is 0 Å². The minimum absolute atomic E-state index is 0.0183. The van der Waals surface area contributed by atoms with Gasteiger partial charge in [0, 0.05) is 50.5 Å². The maximum absolute atomic E-state index is 13.7. The molecule has 0 aromatic heterocycles. The SMILES string of the molecule is C[C@@H]1CN(c2ccc3c(c2)OCO3)CCN1C(=O)[C@@H]1CCCC[C@H]1N(C)NC1(C#N)CC1. The Morgan fingerprint density at radius 3 is 2.75 bits per heavy atom. The zero-order chi connectivity index (χ0) is 22.3. The molecular formula is C24H33N5O3. The second kappa shape index (κ2) is 8.45. The molecule has 0 spiro atoms. The molecule has 1 saturated heterocycles. The molecule has 2 heterocycles. The topological polar surface area (TPSA) is 81.1 Å². The molecule has 32 heavy (non-hydrogen) atoms. The number of fused-ring (bicyclic) bond motifs is 1. The molecule has 1 amide bonds. The average Bonchev–Trinajstić information content (AvgIpc) is 3.43. The number of rotatable bonds is 5. The van der Waals surface area contributed by atoms with Crippen molar-refractivity contribution in [3.05, 3.63) is 18.2 Å². The molecule has 5 rings (SSSR count). The van der Waals surface area contributed by atoms with Gasteiger partial charge in [0.1, 0.15) is 5.54 Å². The molecule has 2 saturated carbocycles. The number of carbonyl (C=O) groups excluding carboxylic acids is 1. The largest absolute Gasteiger partial charge is 0.454 e. The van der Waals surface area contributed by atoms with Crippen LogP contribution in [0.3, 0.4) is 0 Å². The number of amides is 1. The van der Waals surface area contributed by atoms with E-state index in [9.17, 15) is 10.1 Å². The van der Waals surface area contributed by atoms with Gasteiger partial charge in [-0.3, -0.25) is 4.79 Å². The smallest absolute Gasteiger partial charge is 0.231 e. The van der Waals surface area contributed by atoms with Crippen molar-refractivity contribution in [2.75, 3.05) is 38.4 Å². The molecular weight excluding hydrogens is 406 g/mol. The van der Waals surface area contributed by atoms with E-state index in [1.807, 2.05) is 19.2 Å². The van der Waals surface area contributed by atoms with Gasteiger partial charge in [-0.1, -0.05) is 12.8 Å². The molecule has 172 valence electrons. The van der Waals surface area contributed by atoms with Gasteiger partial charge in [-0.15, -0.1) is 0 Å². The van der Waals surface area contributed by atoms with Gasteiger partial charge in [-0.25, -0.2) is 10.4 Å². The van der Waals surface area contributed by atoms with Crippen molar-refractivity contribution in [2.45, 2.75) is 63.1 Å². The Labute approximate surface area is 190 Å². The predicted molar refractivity (Wildman–Crippen MR) is 120 cm³/mol. The van der Waals surface area contributed by atoms with Gasteiger partial charge in [0.05, 0.1) is 12.0 Å². The van der Waals surface area contributed by atoms with Crippen LogP contribution >= 0.6 is 0 Å². The number of benzene rings is 1. The number of nitriles is 1. The fourth-order valence-electron chi connectivity index (χ4n) is 5.47. The minimum Gasteiger partial charge on any atom is -0.454 e. The van der Waals surface area contributed by atoms with Gasteiger partial charge in [0.25, 0.3) is 0 Å². The highest BCUT2D eigenvalue weighted by Gasteiger charge is 2.46. The van der Waals surface area contributed by atoms with E-state index in [1.54, 1.807) is 0 Å². The Hall–Kier alpha value is -2.50. The van der Waals surface area contributed by atoms with Gasteiger partial charge in [-0.2, -0.15) is 5.26 Å². The first kappa shape index (κ1) is 21.4. The number of ether oxygens (including phenoxy) is 2. The number of hydrogen-bond acceptors (Lipinski definition) is 7. The lowest BCUT2D eigenvalue weighted by Gasteiger charge is -2.45. The van der Waals surface area contributed by atoms with Crippen LogP contribution < -0.4 is 19.8 Å². The highest BCUT2D eigenvalue weighted by atomic mass is 16.7. The van der Waals surface area contributed by atoms with Crippen LogP contribution in [0.15, 0.2) is 18.2 Å². The minimum atomic E-state index is -0.413. The third-order valence-corrected chi connectivity index (χ3v) is 7.53. The van der Waals surface area contributed by atoms with Gasteiger partial charge in [0.2, 0.25) is 12.7 Å². The lowest BCUT2D eigenvalue weighted by molar-refractivity contribution is -0.142. The monoisotopic (exact) mass is 439 g/mol. The van der Waals surface area contributed by atoms with Gasteiger partial charge in [-0.05, 0) is 44.7 Å². The fourth-order valence-corrected chi connectivity index (χ4v) is 5.47. The number of hydrogen-bond donors (Lipinski definition) is 1. The van der Waals surface area contributed by atoms with E-state index in [0.717, 1.165) is 75.3 Å². The van der Waals surface area contributed by atoms with Crippen LogP contribution in [0.4, 0.5) is 5.69 Å². The summed E-state index contributed by atoms with van der Waals surface area (Å²) < 4.78 is 11.0. The Morgan fingerprint density at radius 2 is 2.00 bits per heavy atom. The summed E-state index contributed by atoms with van der Waals surface area (Å²) in [6, 6.07) is 8.74. The molecule has 1 aromatic rings. The standard InChI is InChI=1S/C24H33N5O3/c1-17-14-28(18-7-8-21-22(13-18)32-16-31-21)11-12-29(17)23(30)19-5-3-4-6-20(19)27(2)26-24(15-25)9-10-24/h7-8,13,17,19-20,26H,3-6,9-12,14,16H2,1-2H3/t17-,19-,20-/m1/s1. The molecule has 1 N–H and O–H groups in total. The summed E-state index contributed by atoms with van der Waals surface area (Å²) in [5.41, 5.74) is 4.10. The molecule has 1 aromatic carbocycles. The highest BCUT2D eigenvalue weighted by Crippen LogP contribution is 2.38. The third-order valence-electron chi connectivity index (χ3n) is 7.53. The zero-order valence-electron chi connectivity index (χ0n) is 19.0. The van der Waals surface area contributed by atoms with Crippen molar-refractivity contribution in [3.8, 4) is 17.6 Å². The first-order chi connectivity index (χ1) is 15.5. The third kappa shape index (κ3) is 4.00. The fraction of sp³-hybridized carbons (Fsp3) is 0.667. The van der Waals surface area contributed by atoms with Crippen LogP contribution in [0.25, 0.3) is 0 Å². The zero-order valence-corrected chi connectivity index (χ0v) is 19.0. The summed E-state index contributed by atoms with van der Waals surface area (Å²) in [6.45, 7) is 4.74. The van der Waals surface area contributed by atoms with Gasteiger partial charge >= 0.3 is 0 Å². The van der Waals surface area contributed by atoms with Crippen molar-refractivity contribution >= 4 is 11.6 Å².